The van der Waals surface area contributed by atoms with Crippen LogP contribution in [0.1, 0.15) is 17.5 Å². The summed E-state index contributed by atoms with van der Waals surface area (Å²) in [5.74, 6) is 0.0436. The number of aromatic nitrogens is 2. The molecule has 0 aliphatic carbocycles. The highest BCUT2D eigenvalue weighted by atomic mass is 35.5. The standard InChI is InChI=1S/C22H22Cl2FN3O4/c1-4-14(29)6-13-10-32-11-16(13)28-22-26-8-12(9-27-22)5-15(25)19-20(23)17(30-2)7-18(31-3)21(19)24/h4-5,7-9,13,16H,1,6,10-11H2,2-3H3,(H,26,27,28)/b15-5-/t13?,16-/m1/s1. The molecule has 1 N–H and O–H groups in total. The van der Waals surface area contributed by atoms with Crippen molar-refractivity contribution in [1.29, 1.82) is 0 Å². The minimum atomic E-state index is -0.700. The molecular formula is C22H22Cl2FN3O4. The molecule has 2 aromatic rings. The van der Waals surface area contributed by atoms with Crippen LogP contribution in [0.4, 0.5) is 10.3 Å². The average molecular weight is 482 g/mol. The van der Waals surface area contributed by atoms with Crippen molar-refractivity contribution in [2.75, 3.05) is 32.8 Å². The third-order valence-electron chi connectivity index (χ3n) is 4.98. The molecule has 3 rings (SSSR count). The third-order valence-corrected chi connectivity index (χ3v) is 5.73. The molecule has 1 aromatic carbocycles. The predicted octanol–water partition coefficient (Wildman–Crippen LogP) is 4.84. The molecule has 0 radical (unpaired) electrons. The zero-order chi connectivity index (χ0) is 23.3. The van der Waals surface area contributed by atoms with E-state index in [2.05, 4.69) is 21.9 Å². The topological polar surface area (TPSA) is 82.6 Å². The molecule has 1 unspecified atom stereocenters. The normalized spacial score (nSPS) is 18.3. The van der Waals surface area contributed by atoms with Gasteiger partial charge in [0, 0.05) is 36.4 Å². The van der Waals surface area contributed by atoms with E-state index < -0.39 is 5.83 Å². The molecule has 10 heteroatoms. The van der Waals surface area contributed by atoms with Crippen LogP contribution in [0.25, 0.3) is 11.9 Å². The fourth-order valence-corrected chi connectivity index (χ4v) is 3.95. The van der Waals surface area contributed by atoms with Crippen LogP contribution in [-0.4, -0.2) is 49.2 Å². The number of benzene rings is 1. The molecule has 0 saturated carbocycles. The Bertz CT molecular complexity index is 1000. The minimum Gasteiger partial charge on any atom is -0.495 e. The summed E-state index contributed by atoms with van der Waals surface area (Å²) < 4.78 is 30.9. The Morgan fingerprint density at radius 2 is 1.88 bits per heavy atom. The first-order chi connectivity index (χ1) is 15.4. The van der Waals surface area contributed by atoms with Gasteiger partial charge >= 0.3 is 0 Å². The van der Waals surface area contributed by atoms with Gasteiger partial charge in [0.2, 0.25) is 5.95 Å². The summed E-state index contributed by atoms with van der Waals surface area (Å²) in [7, 11) is 2.82. The number of nitrogens with one attached hydrogen (secondary N) is 1. The summed E-state index contributed by atoms with van der Waals surface area (Å²) in [5, 5.41) is 3.20. The molecule has 2 heterocycles. The van der Waals surface area contributed by atoms with Gasteiger partial charge in [-0.1, -0.05) is 29.8 Å². The molecule has 0 spiro atoms. The maximum atomic E-state index is 15.1. The maximum Gasteiger partial charge on any atom is 0.222 e. The smallest absolute Gasteiger partial charge is 0.222 e. The van der Waals surface area contributed by atoms with Crippen LogP contribution in [0.15, 0.2) is 31.1 Å². The first kappa shape index (κ1) is 24.0. The number of halogens is 3. The van der Waals surface area contributed by atoms with Gasteiger partial charge in [-0.2, -0.15) is 0 Å². The summed E-state index contributed by atoms with van der Waals surface area (Å²) in [6, 6.07) is 1.37. The number of nitrogens with zero attached hydrogens (tertiary/aromatic N) is 2. The van der Waals surface area contributed by atoms with Crippen LogP contribution in [-0.2, 0) is 9.53 Å². The van der Waals surface area contributed by atoms with Gasteiger partial charge in [-0.05, 0) is 12.2 Å². The van der Waals surface area contributed by atoms with Gasteiger partial charge in [0.15, 0.2) is 5.78 Å². The number of hydrogen-bond acceptors (Lipinski definition) is 7. The second-order valence-corrected chi connectivity index (χ2v) is 7.80. The van der Waals surface area contributed by atoms with Crippen LogP contribution in [0, 0.1) is 5.92 Å². The summed E-state index contributed by atoms with van der Waals surface area (Å²) >= 11 is 12.5. The molecule has 0 bridgehead atoms. The van der Waals surface area contributed by atoms with Gasteiger partial charge in [-0.15, -0.1) is 0 Å². The van der Waals surface area contributed by atoms with Gasteiger partial charge in [-0.3, -0.25) is 4.79 Å². The second-order valence-electron chi connectivity index (χ2n) is 7.04. The Labute approximate surface area is 195 Å². The van der Waals surface area contributed by atoms with Gasteiger partial charge in [0.1, 0.15) is 17.3 Å². The highest BCUT2D eigenvalue weighted by Gasteiger charge is 2.30. The number of carbonyl (C=O) groups is 1. The number of hydrogen-bond donors (Lipinski definition) is 1. The van der Waals surface area contributed by atoms with Gasteiger partial charge < -0.3 is 19.5 Å². The van der Waals surface area contributed by atoms with Crippen LogP contribution in [0.2, 0.25) is 10.0 Å². The number of ketones is 1. The molecule has 32 heavy (non-hydrogen) atoms. The monoisotopic (exact) mass is 481 g/mol. The summed E-state index contributed by atoms with van der Waals surface area (Å²) in [6.07, 6.45) is 5.75. The number of anilines is 1. The highest BCUT2D eigenvalue weighted by molar-refractivity contribution is 6.39. The number of ether oxygens (including phenoxy) is 3. The molecule has 1 aromatic heterocycles. The maximum absolute atomic E-state index is 15.1. The van der Waals surface area contributed by atoms with E-state index in [1.165, 1.54) is 44.8 Å². The lowest BCUT2D eigenvalue weighted by atomic mass is 9.97. The van der Waals surface area contributed by atoms with E-state index in [0.29, 0.717) is 31.1 Å². The Kier molecular flexibility index (Phi) is 8.06. The second kappa shape index (κ2) is 10.8. The first-order valence-corrected chi connectivity index (χ1v) is 10.4. The van der Waals surface area contributed by atoms with E-state index in [4.69, 9.17) is 37.4 Å². The number of rotatable bonds is 9. The first-order valence-electron chi connectivity index (χ1n) is 9.67. The van der Waals surface area contributed by atoms with E-state index in [0.717, 1.165) is 0 Å². The van der Waals surface area contributed by atoms with Crippen LogP contribution >= 0.6 is 23.2 Å². The zero-order valence-electron chi connectivity index (χ0n) is 17.5. The molecule has 2 atom stereocenters. The number of carbonyl (C=O) groups excluding carboxylic acids is 1. The van der Waals surface area contributed by atoms with Crippen molar-refractivity contribution in [1.82, 2.24) is 9.97 Å². The lowest BCUT2D eigenvalue weighted by Gasteiger charge is -2.17. The van der Waals surface area contributed by atoms with Crippen molar-refractivity contribution in [3.63, 3.8) is 0 Å². The van der Waals surface area contributed by atoms with Crippen LogP contribution in [0.3, 0.4) is 0 Å². The lowest BCUT2D eigenvalue weighted by molar-refractivity contribution is -0.115. The average Bonchev–Trinajstić information content (AvgIpc) is 3.21. The number of allylic oxidation sites excluding steroid dienone is 1. The van der Waals surface area contributed by atoms with E-state index in [9.17, 15) is 4.79 Å². The lowest BCUT2D eigenvalue weighted by Crippen LogP contribution is -2.30. The van der Waals surface area contributed by atoms with Crippen molar-refractivity contribution in [2.45, 2.75) is 12.5 Å². The van der Waals surface area contributed by atoms with Crippen molar-refractivity contribution in [3.8, 4) is 11.5 Å². The van der Waals surface area contributed by atoms with Gasteiger partial charge in [0.25, 0.3) is 0 Å². The molecule has 1 saturated heterocycles. The predicted molar refractivity (Wildman–Crippen MR) is 122 cm³/mol. The Morgan fingerprint density at radius 3 is 2.44 bits per heavy atom. The van der Waals surface area contributed by atoms with E-state index in [1.54, 1.807) is 0 Å². The molecular weight excluding hydrogens is 460 g/mol. The van der Waals surface area contributed by atoms with E-state index in [-0.39, 0.29) is 44.9 Å². The van der Waals surface area contributed by atoms with E-state index in [1.807, 2.05) is 0 Å². The SMILES string of the molecule is C=CC(=O)CC1COC[C@H]1Nc1ncc(/C=C(\F)c2c(Cl)c(OC)cc(OC)c2Cl)cn1. The van der Waals surface area contributed by atoms with Gasteiger partial charge in [0.05, 0.1) is 49.1 Å². The summed E-state index contributed by atoms with van der Waals surface area (Å²) in [6.45, 7) is 4.40. The molecule has 0 amide bonds. The van der Waals surface area contributed by atoms with Crippen molar-refractivity contribution in [2.24, 2.45) is 5.92 Å². The van der Waals surface area contributed by atoms with E-state index >= 15 is 4.39 Å². The largest absolute Gasteiger partial charge is 0.495 e. The third kappa shape index (κ3) is 5.38. The van der Waals surface area contributed by atoms with Crippen LogP contribution in [0.5, 0.6) is 11.5 Å². The Hall–Kier alpha value is -2.68. The van der Waals surface area contributed by atoms with Crippen molar-refractivity contribution >= 4 is 46.8 Å². The highest BCUT2D eigenvalue weighted by Crippen LogP contribution is 2.44. The zero-order valence-corrected chi connectivity index (χ0v) is 19.0. The van der Waals surface area contributed by atoms with Crippen molar-refractivity contribution < 1.29 is 23.4 Å². The molecule has 1 fully saturated rings. The molecule has 1 aliphatic heterocycles. The molecule has 7 nitrogen and oxygen atoms in total. The number of methoxy groups -OCH3 is 2. The molecule has 1 aliphatic rings. The minimum absolute atomic E-state index is 0.00607. The fraction of sp³-hybridized carbons (Fsp3) is 0.318. The Balaban J connectivity index is 1.78. The fourth-order valence-electron chi connectivity index (χ4n) is 3.27. The quantitative estimate of drug-likeness (QED) is 0.512. The Morgan fingerprint density at radius 1 is 1.25 bits per heavy atom. The van der Waals surface area contributed by atoms with Crippen LogP contribution < -0.4 is 14.8 Å². The summed E-state index contributed by atoms with van der Waals surface area (Å²) in [5.41, 5.74) is 0.340. The van der Waals surface area contributed by atoms with Crippen molar-refractivity contribution in [3.05, 3.63) is 52.3 Å². The summed E-state index contributed by atoms with van der Waals surface area (Å²) in [4.78, 5) is 20.1. The van der Waals surface area contributed by atoms with Gasteiger partial charge in [-0.25, -0.2) is 14.4 Å². The molecule has 170 valence electrons.